The van der Waals surface area contributed by atoms with Gasteiger partial charge in [0.05, 0.1) is 23.1 Å². The maximum Gasteiger partial charge on any atom is 0.416 e. The number of carbonyl (C=O) groups excluding carboxylic acids is 1. The second kappa shape index (κ2) is 5.81. The lowest BCUT2D eigenvalue weighted by Gasteiger charge is -2.17. The molecule has 0 spiro atoms. The summed E-state index contributed by atoms with van der Waals surface area (Å²) in [5.41, 5.74) is 5.44. The number of H-pyrrole nitrogens is 1. The van der Waals surface area contributed by atoms with E-state index in [-0.39, 0.29) is 18.0 Å². The smallest absolute Gasteiger partial charge is 0.396 e. The van der Waals surface area contributed by atoms with Gasteiger partial charge in [-0.05, 0) is 24.6 Å². The van der Waals surface area contributed by atoms with Gasteiger partial charge in [0.25, 0.3) is 5.91 Å². The third kappa shape index (κ3) is 3.06. The fraction of sp³-hybridized carbons (Fsp3) is 0.333. The van der Waals surface area contributed by atoms with Crippen molar-refractivity contribution in [1.82, 2.24) is 15.1 Å². The first-order chi connectivity index (χ1) is 11.3. The van der Waals surface area contributed by atoms with E-state index in [0.29, 0.717) is 36.5 Å². The molecule has 1 fully saturated rings. The topological polar surface area (TPSA) is 75.0 Å². The Labute approximate surface area is 134 Å². The molecule has 1 atom stereocenters. The minimum atomic E-state index is -4.71. The van der Waals surface area contributed by atoms with Gasteiger partial charge in [-0.15, -0.1) is 0 Å². The van der Waals surface area contributed by atoms with Gasteiger partial charge in [0, 0.05) is 24.6 Å². The number of amides is 1. The average Bonchev–Trinajstić information content (AvgIpc) is 3.13. The zero-order valence-corrected chi connectivity index (χ0v) is 12.4. The maximum atomic E-state index is 13.5. The summed E-state index contributed by atoms with van der Waals surface area (Å²) in [6.45, 7) is 0.628. The predicted molar refractivity (Wildman–Crippen MR) is 77.7 cm³/mol. The highest BCUT2D eigenvalue weighted by Gasteiger charge is 2.34. The van der Waals surface area contributed by atoms with Crippen LogP contribution in [-0.2, 0) is 6.18 Å². The molecule has 0 saturated carbocycles. The molecule has 2 heterocycles. The largest absolute Gasteiger partial charge is 0.416 e. The summed E-state index contributed by atoms with van der Waals surface area (Å²) in [4.78, 5) is 13.8. The number of halogens is 4. The summed E-state index contributed by atoms with van der Waals surface area (Å²) in [5, 5.41) is 6.58. The van der Waals surface area contributed by atoms with E-state index in [2.05, 4.69) is 10.2 Å². The molecule has 0 radical (unpaired) electrons. The second-order valence-corrected chi connectivity index (χ2v) is 5.70. The lowest BCUT2D eigenvalue weighted by atomic mass is 10.0. The molecule has 1 aromatic heterocycles. The molecule has 3 N–H and O–H groups in total. The van der Waals surface area contributed by atoms with Crippen molar-refractivity contribution in [3.8, 4) is 0 Å². The van der Waals surface area contributed by atoms with E-state index in [1.165, 1.54) is 11.1 Å². The van der Waals surface area contributed by atoms with E-state index in [9.17, 15) is 22.4 Å². The molecular weight excluding hydrogens is 328 g/mol. The Morgan fingerprint density at radius 1 is 1.33 bits per heavy atom. The number of likely N-dealkylation sites (tertiary alicyclic amines) is 1. The van der Waals surface area contributed by atoms with Gasteiger partial charge in [-0.1, -0.05) is 0 Å². The van der Waals surface area contributed by atoms with Crippen LogP contribution in [0.4, 0.5) is 23.2 Å². The summed E-state index contributed by atoms with van der Waals surface area (Å²) in [6, 6.07) is 1.85. The first kappa shape index (κ1) is 16.3. The zero-order valence-electron chi connectivity index (χ0n) is 12.4. The summed E-state index contributed by atoms with van der Waals surface area (Å²) < 4.78 is 51.8. The number of aromatic nitrogens is 2. The number of carbonyl (C=O) groups is 1. The normalized spacial score (nSPS) is 18.2. The van der Waals surface area contributed by atoms with Crippen LogP contribution in [-0.4, -0.2) is 34.1 Å². The van der Waals surface area contributed by atoms with Crippen LogP contribution in [0.1, 0.15) is 34.0 Å². The van der Waals surface area contributed by atoms with Crippen molar-refractivity contribution in [2.24, 2.45) is 0 Å². The maximum absolute atomic E-state index is 13.5. The Hall–Kier alpha value is -2.58. The van der Waals surface area contributed by atoms with Gasteiger partial charge < -0.3 is 10.6 Å². The highest BCUT2D eigenvalue weighted by atomic mass is 19.4. The third-order valence-corrected chi connectivity index (χ3v) is 4.06. The molecule has 128 valence electrons. The van der Waals surface area contributed by atoms with Crippen LogP contribution < -0.4 is 5.73 Å². The van der Waals surface area contributed by atoms with Gasteiger partial charge >= 0.3 is 6.18 Å². The number of alkyl halides is 3. The van der Waals surface area contributed by atoms with Crippen molar-refractivity contribution >= 4 is 11.6 Å². The first-order valence-corrected chi connectivity index (χ1v) is 7.21. The standard InChI is InChI=1S/C15H14F4N4O/c16-11-4-9(3-10(5-11)15(17,18)19)14(24)23-2-1-8(7-23)13-12(20)6-21-22-13/h3-6,8H,1-2,7,20H2,(H,21,22). The Kier molecular flexibility index (Phi) is 3.94. The van der Waals surface area contributed by atoms with Crippen LogP contribution in [0.25, 0.3) is 0 Å². The van der Waals surface area contributed by atoms with E-state index >= 15 is 0 Å². The van der Waals surface area contributed by atoms with Crippen molar-refractivity contribution in [3.63, 3.8) is 0 Å². The monoisotopic (exact) mass is 342 g/mol. The molecule has 1 amide bonds. The molecule has 24 heavy (non-hydrogen) atoms. The van der Waals surface area contributed by atoms with Crippen molar-refractivity contribution in [1.29, 1.82) is 0 Å². The number of hydrogen-bond acceptors (Lipinski definition) is 3. The predicted octanol–water partition coefficient (Wildman–Crippen LogP) is 2.78. The molecule has 1 unspecified atom stereocenters. The quantitative estimate of drug-likeness (QED) is 0.824. The van der Waals surface area contributed by atoms with Crippen LogP contribution >= 0.6 is 0 Å². The lowest BCUT2D eigenvalue weighted by molar-refractivity contribution is -0.137. The molecule has 3 rings (SSSR count). The summed E-state index contributed by atoms with van der Waals surface area (Å²) >= 11 is 0. The van der Waals surface area contributed by atoms with Crippen molar-refractivity contribution in [2.45, 2.75) is 18.5 Å². The average molecular weight is 342 g/mol. The van der Waals surface area contributed by atoms with E-state index in [0.717, 1.165) is 6.07 Å². The molecule has 5 nitrogen and oxygen atoms in total. The Morgan fingerprint density at radius 2 is 2.08 bits per heavy atom. The highest BCUT2D eigenvalue weighted by molar-refractivity contribution is 5.94. The van der Waals surface area contributed by atoms with Crippen molar-refractivity contribution in [3.05, 3.63) is 47.0 Å². The third-order valence-electron chi connectivity index (χ3n) is 4.06. The van der Waals surface area contributed by atoms with Gasteiger partial charge in [-0.3, -0.25) is 9.89 Å². The van der Waals surface area contributed by atoms with E-state index < -0.39 is 23.5 Å². The van der Waals surface area contributed by atoms with Crippen LogP contribution in [0.15, 0.2) is 24.4 Å². The highest BCUT2D eigenvalue weighted by Crippen LogP contribution is 2.32. The minimum Gasteiger partial charge on any atom is -0.396 e. The van der Waals surface area contributed by atoms with E-state index in [1.54, 1.807) is 0 Å². The fourth-order valence-electron chi connectivity index (χ4n) is 2.87. The lowest BCUT2D eigenvalue weighted by Crippen LogP contribution is -2.29. The van der Waals surface area contributed by atoms with Crippen LogP contribution in [0.3, 0.4) is 0 Å². The number of hydrogen-bond donors (Lipinski definition) is 2. The Bertz CT molecular complexity index is 771. The molecule has 1 aromatic carbocycles. The number of benzene rings is 1. The van der Waals surface area contributed by atoms with Crippen LogP contribution in [0.2, 0.25) is 0 Å². The summed E-state index contributed by atoms with van der Waals surface area (Å²) in [5.74, 6) is -1.81. The second-order valence-electron chi connectivity index (χ2n) is 5.70. The number of rotatable bonds is 2. The fourth-order valence-corrected chi connectivity index (χ4v) is 2.87. The number of nitrogens with zero attached hydrogens (tertiary/aromatic N) is 2. The van der Waals surface area contributed by atoms with Gasteiger partial charge in [0.2, 0.25) is 0 Å². The minimum absolute atomic E-state index is 0.0768. The SMILES string of the molecule is Nc1cn[nH]c1C1CCN(C(=O)c2cc(F)cc(C(F)(F)F)c2)C1. The molecule has 1 aliphatic heterocycles. The summed E-state index contributed by atoms with van der Waals surface area (Å²) in [7, 11) is 0. The van der Waals surface area contributed by atoms with Crippen LogP contribution in [0.5, 0.6) is 0 Å². The van der Waals surface area contributed by atoms with E-state index in [4.69, 9.17) is 5.73 Å². The van der Waals surface area contributed by atoms with Gasteiger partial charge in [0.1, 0.15) is 5.82 Å². The first-order valence-electron chi connectivity index (χ1n) is 7.21. The molecule has 1 saturated heterocycles. The summed E-state index contributed by atoms with van der Waals surface area (Å²) in [6.07, 6.45) is -2.66. The molecule has 0 bridgehead atoms. The van der Waals surface area contributed by atoms with E-state index in [1.807, 2.05) is 0 Å². The van der Waals surface area contributed by atoms with Crippen molar-refractivity contribution < 1.29 is 22.4 Å². The van der Waals surface area contributed by atoms with Gasteiger partial charge in [-0.2, -0.15) is 18.3 Å². The van der Waals surface area contributed by atoms with Crippen LogP contribution in [0, 0.1) is 5.82 Å². The molecule has 0 aliphatic carbocycles. The Morgan fingerprint density at radius 3 is 2.71 bits per heavy atom. The molecule has 1 aliphatic rings. The Balaban J connectivity index is 1.81. The van der Waals surface area contributed by atoms with Crippen molar-refractivity contribution in [2.75, 3.05) is 18.8 Å². The molecular formula is C15H14F4N4O. The zero-order chi connectivity index (χ0) is 17.5. The number of aromatic amines is 1. The van der Waals surface area contributed by atoms with Gasteiger partial charge in [0.15, 0.2) is 0 Å². The number of nitrogen functional groups attached to an aromatic ring is 1. The molecule has 2 aromatic rings. The number of nitrogens with one attached hydrogen (secondary N) is 1. The number of nitrogens with two attached hydrogens (primary N) is 1. The molecule has 9 heteroatoms. The number of anilines is 1. The van der Waals surface area contributed by atoms with Gasteiger partial charge in [-0.25, -0.2) is 4.39 Å².